The third-order valence-electron chi connectivity index (χ3n) is 2.11. The molecule has 2 atom stereocenters. The van der Waals surface area contributed by atoms with Gasteiger partial charge in [0.05, 0.1) is 0 Å². The number of nitrogens with zero attached hydrogens (tertiary/aromatic N) is 1. The summed E-state index contributed by atoms with van der Waals surface area (Å²) in [5.74, 6) is 6.06. The van der Waals surface area contributed by atoms with Crippen molar-refractivity contribution in [2.45, 2.75) is 26.3 Å². The largest absolute Gasteiger partial charge is 0.308 e. The van der Waals surface area contributed by atoms with E-state index in [1.165, 1.54) is 6.42 Å². The summed E-state index contributed by atoms with van der Waals surface area (Å²) in [5.41, 5.74) is 2.84. The van der Waals surface area contributed by atoms with E-state index in [4.69, 9.17) is 5.84 Å². The van der Waals surface area contributed by atoms with Crippen LogP contribution in [0.2, 0.25) is 0 Å². The maximum atomic E-state index is 5.42. The third kappa shape index (κ3) is 4.35. The van der Waals surface area contributed by atoms with E-state index in [0.717, 1.165) is 6.54 Å². The highest BCUT2D eigenvalue weighted by Gasteiger charge is 2.13. The van der Waals surface area contributed by atoms with Gasteiger partial charge in [-0.2, -0.15) is 0 Å². The van der Waals surface area contributed by atoms with E-state index in [9.17, 15) is 0 Å². The first-order valence-corrected chi connectivity index (χ1v) is 4.22. The zero-order chi connectivity index (χ0) is 8.85. The fourth-order valence-corrected chi connectivity index (χ4v) is 1.07. The van der Waals surface area contributed by atoms with Gasteiger partial charge in [-0.15, -0.1) is 0 Å². The molecule has 0 aliphatic rings. The van der Waals surface area contributed by atoms with Gasteiger partial charge in [0, 0.05) is 12.6 Å². The lowest BCUT2D eigenvalue weighted by Gasteiger charge is -2.25. The van der Waals surface area contributed by atoms with Crippen molar-refractivity contribution in [3.63, 3.8) is 0 Å². The third-order valence-corrected chi connectivity index (χ3v) is 2.11. The first-order chi connectivity index (χ1) is 5.11. The summed E-state index contributed by atoms with van der Waals surface area (Å²) in [4.78, 5) is 2.15. The van der Waals surface area contributed by atoms with Crippen LogP contribution in [0.3, 0.4) is 0 Å². The highest BCUT2D eigenvalue weighted by Crippen LogP contribution is 2.06. The van der Waals surface area contributed by atoms with E-state index in [1.807, 2.05) is 0 Å². The normalized spacial score (nSPS) is 16.9. The van der Waals surface area contributed by atoms with Crippen LogP contribution in [-0.2, 0) is 0 Å². The van der Waals surface area contributed by atoms with Crippen LogP contribution in [0.15, 0.2) is 0 Å². The van der Waals surface area contributed by atoms with Gasteiger partial charge in [-0.1, -0.05) is 20.3 Å². The fourth-order valence-electron chi connectivity index (χ4n) is 1.07. The molecule has 0 aromatic rings. The van der Waals surface area contributed by atoms with E-state index >= 15 is 0 Å². The number of nitrogens with two attached hydrogens (primary N) is 1. The highest BCUT2D eigenvalue weighted by atomic mass is 15.3. The molecule has 68 valence electrons. The molecule has 0 amide bonds. The molecular formula is C8H21N3. The van der Waals surface area contributed by atoms with Crippen molar-refractivity contribution in [1.82, 2.24) is 10.3 Å². The Bertz CT molecular complexity index is 93.3. The summed E-state index contributed by atoms with van der Waals surface area (Å²) in [7, 11) is 4.12. The van der Waals surface area contributed by atoms with Gasteiger partial charge in [0.1, 0.15) is 0 Å². The van der Waals surface area contributed by atoms with Crippen molar-refractivity contribution in [1.29, 1.82) is 0 Å². The summed E-state index contributed by atoms with van der Waals surface area (Å²) < 4.78 is 0. The smallest absolute Gasteiger partial charge is 0.0363 e. The number of hydrogen-bond donors (Lipinski definition) is 2. The maximum Gasteiger partial charge on any atom is 0.0363 e. The number of hydrogen-bond acceptors (Lipinski definition) is 3. The molecule has 0 rings (SSSR count). The molecule has 3 heteroatoms. The van der Waals surface area contributed by atoms with Crippen molar-refractivity contribution in [3.8, 4) is 0 Å². The van der Waals surface area contributed by atoms with Crippen LogP contribution < -0.4 is 11.3 Å². The molecule has 0 aliphatic carbocycles. The van der Waals surface area contributed by atoms with Gasteiger partial charge in [0.25, 0.3) is 0 Å². The van der Waals surface area contributed by atoms with Crippen LogP contribution in [0.5, 0.6) is 0 Å². The van der Waals surface area contributed by atoms with Gasteiger partial charge in [0.15, 0.2) is 0 Å². The fraction of sp³-hybridized carbons (Fsp3) is 1.00. The molecule has 3 N–H and O–H groups in total. The standard InChI is InChI=1S/C8H21N3/c1-5-7(2)8(10-9)6-11(3)4/h7-8,10H,5-6,9H2,1-4H3. The van der Waals surface area contributed by atoms with Gasteiger partial charge >= 0.3 is 0 Å². The summed E-state index contributed by atoms with van der Waals surface area (Å²) in [6, 6.07) is 0.412. The van der Waals surface area contributed by atoms with Crippen LogP contribution in [0, 0.1) is 5.92 Å². The predicted molar refractivity (Wildman–Crippen MR) is 49.1 cm³/mol. The van der Waals surface area contributed by atoms with E-state index < -0.39 is 0 Å². The second-order valence-electron chi connectivity index (χ2n) is 3.42. The Morgan fingerprint density at radius 3 is 2.27 bits per heavy atom. The number of hydrazine groups is 1. The molecule has 2 unspecified atom stereocenters. The monoisotopic (exact) mass is 159 g/mol. The highest BCUT2D eigenvalue weighted by molar-refractivity contribution is 4.71. The van der Waals surface area contributed by atoms with Crippen molar-refractivity contribution in [2.75, 3.05) is 20.6 Å². The van der Waals surface area contributed by atoms with Gasteiger partial charge in [0.2, 0.25) is 0 Å². The predicted octanol–water partition coefficient (Wildman–Crippen LogP) is 0.426. The Balaban J connectivity index is 3.74. The summed E-state index contributed by atoms with van der Waals surface area (Å²) >= 11 is 0. The van der Waals surface area contributed by atoms with Crippen LogP contribution in [0.1, 0.15) is 20.3 Å². The second-order valence-corrected chi connectivity index (χ2v) is 3.42. The molecule has 0 aliphatic heterocycles. The maximum absolute atomic E-state index is 5.42. The number of likely N-dealkylation sites (N-methyl/N-ethyl adjacent to an activating group) is 1. The minimum atomic E-state index is 0.412. The lowest BCUT2D eigenvalue weighted by atomic mass is 10.00. The molecule has 0 fully saturated rings. The Kier molecular flexibility index (Phi) is 5.46. The summed E-state index contributed by atoms with van der Waals surface area (Å²) in [6.07, 6.45) is 1.17. The van der Waals surface area contributed by atoms with E-state index in [-0.39, 0.29) is 0 Å². The van der Waals surface area contributed by atoms with Crippen LogP contribution in [0.4, 0.5) is 0 Å². The van der Waals surface area contributed by atoms with Gasteiger partial charge in [-0.05, 0) is 20.0 Å². The SMILES string of the molecule is CCC(C)C(CN(C)C)NN. The number of nitrogens with one attached hydrogen (secondary N) is 1. The molecule has 0 spiro atoms. The van der Waals surface area contributed by atoms with Gasteiger partial charge in [-0.3, -0.25) is 11.3 Å². The Hall–Kier alpha value is -0.120. The van der Waals surface area contributed by atoms with E-state index in [0.29, 0.717) is 12.0 Å². The Morgan fingerprint density at radius 1 is 1.45 bits per heavy atom. The van der Waals surface area contributed by atoms with Crippen LogP contribution in [-0.4, -0.2) is 31.6 Å². The Morgan fingerprint density at radius 2 is 2.00 bits per heavy atom. The molecule has 11 heavy (non-hydrogen) atoms. The summed E-state index contributed by atoms with van der Waals surface area (Å²) in [6.45, 7) is 5.41. The van der Waals surface area contributed by atoms with E-state index in [1.54, 1.807) is 0 Å². The molecule has 0 bridgehead atoms. The molecule has 0 saturated carbocycles. The lowest BCUT2D eigenvalue weighted by Crippen LogP contribution is -2.46. The van der Waals surface area contributed by atoms with Crippen LogP contribution >= 0.6 is 0 Å². The number of rotatable bonds is 5. The average Bonchev–Trinajstić information content (AvgIpc) is 1.98. The zero-order valence-corrected chi connectivity index (χ0v) is 8.09. The molecule has 0 radical (unpaired) electrons. The van der Waals surface area contributed by atoms with Crippen molar-refractivity contribution >= 4 is 0 Å². The van der Waals surface area contributed by atoms with Crippen molar-refractivity contribution in [2.24, 2.45) is 11.8 Å². The Labute approximate surface area is 69.9 Å². The minimum Gasteiger partial charge on any atom is -0.308 e. The molecule has 0 saturated heterocycles. The lowest BCUT2D eigenvalue weighted by molar-refractivity contribution is 0.277. The second kappa shape index (κ2) is 5.52. The van der Waals surface area contributed by atoms with Crippen molar-refractivity contribution < 1.29 is 0 Å². The zero-order valence-electron chi connectivity index (χ0n) is 8.09. The molecule has 0 aromatic carbocycles. The van der Waals surface area contributed by atoms with Crippen LogP contribution in [0.25, 0.3) is 0 Å². The molecule has 0 heterocycles. The molecular weight excluding hydrogens is 138 g/mol. The van der Waals surface area contributed by atoms with Crippen molar-refractivity contribution in [3.05, 3.63) is 0 Å². The minimum absolute atomic E-state index is 0.412. The molecule has 0 aromatic heterocycles. The van der Waals surface area contributed by atoms with Gasteiger partial charge in [-0.25, -0.2) is 0 Å². The van der Waals surface area contributed by atoms with E-state index in [2.05, 4.69) is 38.3 Å². The average molecular weight is 159 g/mol. The molecule has 3 nitrogen and oxygen atoms in total. The first kappa shape index (κ1) is 10.9. The summed E-state index contributed by atoms with van der Waals surface area (Å²) in [5, 5.41) is 0. The first-order valence-electron chi connectivity index (χ1n) is 4.22. The quantitative estimate of drug-likeness (QED) is 0.451. The topological polar surface area (TPSA) is 41.3 Å². The van der Waals surface area contributed by atoms with Gasteiger partial charge < -0.3 is 4.90 Å².